The molecule has 0 aliphatic heterocycles. The van der Waals surface area contributed by atoms with Gasteiger partial charge in [-0.25, -0.2) is 0 Å². The van der Waals surface area contributed by atoms with Gasteiger partial charge in [0.1, 0.15) is 6.04 Å². The van der Waals surface area contributed by atoms with Crippen LogP contribution in [0, 0.1) is 5.92 Å². The highest BCUT2D eigenvalue weighted by molar-refractivity contribution is 6.04. The number of anilines is 2. The molecule has 4 aromatic rings. The van der Waals surface area contributed by atoms with Crippen LogP contribution in [0.1, 0.15) is 70.7 Å². The molecule has 3 atom stereocenters. The number of nitrogens with zero attached hydrogens (tertiary/aromatic N) is 1. The quantitative estimate of drug-likeness (QED) is 0.162. The number of nitrogens with one attached hydrogen (secondary N) is 3. The second-order valence-corrected chi connectivity index (χ2v) is 12.6. The lowest BCUT2D eigenvalue weighted by atomic mass is 9.95. The third kappa shape index (κ3) is 6.56. The molecule has 0 saturated carbocycles. The van der Waals surface area contributed by atoms with Gasteiger partial charge in [0.05, 0.1) is 44.3 Å². The van der Waals surface area contributed by atoms with Crippen molar-refractivity contribution in [1.82, 2.24) is 9.88 Å². The van der Waals surface area contributed by atoms with Crippen LogP contribution in [0.15, 0.2) is 59.5 Å². The van der Waals surface area contributed by atoms with E-state index in [1.54, 1.807) is 33.5 Å². The van der Waals surface area contributed by atoms with Crippen LogP contribution in [0.5, 0.6) is 17.2 Å². The molecule has 3 N–H and O–H groups in total. The third-order valence-corrected chi connectivity index (χ3v) is 9.30. The molecule has 10 nitrogen and oxygen atoms in total. The molecule has 0 radical (unpaired) electrons. The van der Waals surface area contributed by atoms with E-state index in [-0.39, 0.29) is 34.9 Å². The summed E-state index contributed by atoms with van der Waals surface area (Å²) >= 11 is 0. The number of hydrogen-bond donors (Lipinski definition) is 3. The number of amides is 2. The van der Waals surface area contributed by atoms with Crippen LogP contribution in [-0.4, -0.2) is 43.8 Å². The average molecular weight is 655 g/mol. The van der Waals surface area contributed by atoms with Gasteiger partial charge < -0.3 is 34.7 Å². The van der Waals surface area contributed by atoms with E-state index in [0.717, 1.165) is 27.6 Å². The molecular weight excluding hydrogens is 608 g/mol. The maximum absolute atomic E-state index is 14.0. The van der Waals surface area contributed by atoms with Gasteiger partial charge in [0, 0.05) is 30.1 Å². The van der Waals surface area contributed by atoms with E-state index in [0.29, 0.717) is 47.8 Å². The molecule has 10 heteroatoms. The van der Waals surface area contributed by atoms with Crippen LogP contribution in [0.2, 0.25) is 0 Å². The number of carbonyl (C=O) groups excluding carboxylic acids is 2. The molecule has 254 valence electrons. The molecule has 0 bridgehead atoms. The van der Waals surface area contributed by atoms with Gasteiger partial charge in [0.15, 0.2) is 11.5 Å². The van der Waals surface area contributed by atoms with E-state index in [4.69, 9.17) is 14.2 Å². The maximum atomic E-state index is 14.0. The number of methoxy groups -OCH3 is 3. The van der Waals surface area contributed by atoms with Crippen molar-refractivity contribution in [2.75, 3.05) is 32.0 Å². The van der Waals surface area contributed by atoms with Crippen LogP contribution >= 0.6 is 0 Å². The summed E-state index contributed by atoms with van der Waals surface area (Å²) in [6, 6.07) is 14.1. The molecule has 3 unspecified atom stereocenters. The fourth-order valence-corrected chi connectivity index (χ4v) is 6.65. The van der Waals surface area contributed by atoms with E-state index in [1.165, 1.54) is 6.92 Å². The lowest BCUT2D eigenvalue weighted by Crippen LogP contribution is -2.40. The monoisotopic (exact) mass is 654 g/mol. The number of aryl methyl sites for hydroxylation is 1. The fraction of sp³-hybridized carbons (Fsp3) is 0.395. The van der Waals surface area contributed by atoms with Crippen molar-refractivity contribution in [2.24, 2.45) is 5.92 Å². The van der Waals surface area contributed by atoms with Crippen molar-refractivity contribution < 1.29 is 23.8 Å². The number of carbonyl (C=O) groups is 2. The van der Waals surface area contributed by atoms with Crippen molar-refractivity contribution in [1.29, 1.82) is 0 Å². The second kappa shape index (κ2) is 14.4. The standard InChI is InChI=1S/C38H46N4O6/c1-9-22(4)35(38(45)41-28-11-10-12-31-26(28)17-18-42(31)21(2)3)40-30-16-14-25-27(20-32(30)44)29(39-23(5)43)15-13-24-19-33(46-6)36(47-7)37(48-8)34(24)25/h10-12,14,16-22,29,35H,9,13,15H2,1-8H3,(H,39,43)(H,40,44)(H,41,45). The van der Waals surface area contributed by atoms with Gasteiger partial charge in [-0.1, -0.05) is 32.4 Å². The normalized spacial score (nSPS) is 15.1. The Morgan fingerprint density at radius 2 is 1.71 bits per heavy atom. The van der Waals surface area contributed by atoms with Gasteiger partial charge in [-0.15, -0.1) is 0 Å². The molecule has 3 aromatic carbocycles. The van der Waals surface area contributed by atoms with Crippen LogP contribution in [0.4, 0.5) is 11.4 Å². The number of benzene rings is 2. The SMILES string of the molecule is CCC(C)C(Nc1ccc2c(cc1=O)C(NC(C)=O)CCc1cc(OC)c(OC)c(OC)c1-2)C(=O)Nc1cccc2c1ccn2C(C)C. The Balaban J connectivity index is 1.60. The van der Waals surface area contributed by atoms with E-state index >= 15 is 0 Å². The van der Waals surface area contributed by atoms with Gasteiger partial charge in [-0.05, 0) is 85.7 Å². The first-order chi connectivity index (χ1) is 23.0. The molecule has 0 spiro atoms. The van der Waals surface area contributed by atoms with Gasteiger partial charge in [0.2, 0.25) is 23.0 Å². The molecular formula is C38H46N4O6. The Hall–Kier alpha value is -4.99. The number of ether oxygens (including phenoxy) is 3. The van der Waals surface area contributed by atoms with Crippen LogP contribution in [0.25, 0.3) is 22.0 Å². The van der Waals surface area contributed by atoms with Gasteiger partial charge >= 0.3 is 0 Å². The van der Waals surface area contributed by atoms with Gasteiger partial charge in [-0.3, -0.25) is 14.4 Å². The lowest BCUT2D eigenvalue weighted by Gasteiger charge is -2.24. The Bertz CT molecular complexity index is 1900. The molecule has 5 rings (SSSR count). The lowest BCUT2D eigenvalue weighted by molar-refractivity contribution is -0.120. The van der Waals surface area contributed by atoms with Gasteiger partial charge in [0.25, 0.3) is 0 Å². The van der Waals surface area contributed by atoms with Crippen molar-refractivity contribution in [2.45, 2.75) is 72.0 Å². The predicted octanol–water partition coefficient (Wildman–Crippen LogP) is 6.86. The molecule has 2 amide bonds. The van der Waals surface area contributed by atoms with E-state index in [1.807, 2.05) is 56.4 Å². The molecule has 1 aliphatic carbocycles. The summed E-state index contributed by atoms with van der Waals surface area (Å²) in [6.07, 6.45) is 3.88. The summed E-state index contributed by atoms with van der Waals surface area (Å²) < 4.78 is 19.4. The van der Waals surface area contributed by atoms with E-state index in [2.05, 4.69) is 34.4 Å². The van der Waals surface area contributed by atoms with E-state index in [9.17, 15) is 14.4 Å². The highest BCUT2D eigenvalue weighted by Gasteiger charge is 2.30. The zero-order valence-corrected chi connectivity index (χ0v) is 29.0. The zero-order valence-electron chi connectivity index (χ0n) is 29.0. The van der Waals surface area contributed by atoms with Crippen LogP contribution in [0.3, 0.4) is 0 Å². The van der Waals surface area contributed by atoms with E-state index < -0.39 is 12.1 Å². The first-order valence-electron chi connectivity index (χ1n) is 16.5. The molecule has 1 heterocycles. The topological polar surface area (TPSA) is 120 Å². The van der Waals surface area contributed by atoms with Crippen molar-refractivity contribution in [3.8, 4) is 28.4 Å². The first kappa shape index (κ1) is 34.3. The Morgan fingerprint density at radius 1 is 0.958 bits per heavy atom. The molecule has 1 aliphatic rings. The second-order valence-electron chi connectivity index (χ2n) is 12.6. The highest BCUT2D eigenvalue weighted by atomic mass is 16.5. The minimum Gasteiger partial charge on any atom is -0.493 e. The first-order valence-corrected chi connectivity index (χ1v) is 16.5. The summed E-state index contributed by atoms with van der Waals surface area (Å²) in [7, 11) is 4.69. The summed E-state index contributed by atoms with van der Waals surface area (Å²) in [6.45, 7) is 9.71. The number of aromatic nitrogens is 1. The number of rotatable bonds is 11. The predicted molar refractivity (Wildman–Crippen MR) is 191 cm³/mol. The summed E-state index contributed by atoms with van der Waals surface area (Å²) in [4.78, 5) is 40.3. The zero-order chi connectivity index (χ0) is 34.7. The molecule has 48 heavy (non-hydrogen) atoms. The number of fused-ring (bicyclic) bond motifs is 4. The molecule has 1 aromatic heterocycles. The third-order valence-electron chi connectivity index (χ3n) is 9.30. The smallest absolute Gasteiger partial charge is 0.247 e. The average Bonchev–Trinajstić information content (AvgIpc) is 3.38. The summed E-state index contributed by atoms with van der Waals surface area (Å²) in [5.41, 5.74) is 4.79. The minimum atomic E-state index is -0.704. The summed E-state index contributed by atoms with van der Waals surface area (Å²) in [5, 5.41) is 10.4. The van der Waals surface area contributed by atoms with Gasteiger partial charge in [-0.2, -0.15) is 0 Å². The number of hydrogen-bond acceptors (Lipinski definition) is 7. The largest absolute Gasteiger partial charge is 0.493 e. The fourth-order valence-electron chi connectivity index (χ4n) is 6.65. The van der Waals surface area contributed by atoms with Crippen molar-refractivity contribution >= 4 is 34.1 Å². The Kier molecular flexibility index (Phi) is 10.3. The summed E-state index contributed by atoms with van der Waals surface area (Å²) in [5.74, 6) is 0.893. The van der Waals surface area contributed by atoms with Crippen molar-refractivity contribution in [3.05, 3.63) is 76.1 Å². The van der Waals surface area contributed by atoms with Crippen LogP contribution in [-0.2, 0) is 16.0 Å². The Labute approximate surface area is 281 Å². The molecule has 0 fully saturated rings. The Morgan fingerprint density at radius 3 is 2.35 bits per heavy atom. The maximum Gasteiger partial charge on any atom is 0.247 e. The van der Waals surface area contributed by atoms with Crippen LogP contribution < -0.4 is 35.6 Å². The van der Waals surface area contributed by atoms with Crippen molar-refractivity contribution in [3.63, 3.8) is 0 Å². The highest BCUT2D eigenvalue weighted by Crippen LogP contribution is 2.50. The molecule has 0 saturated heterocycles. The minimum absolute atomic E-state index is 0.100.